The largest absolute Gasteiger partial charge is 0.497 e. The Morgan fingerprint density at radius 3 is 2.20 bits per heavy atom. The molecule has 0 aliphatic heterocycles. The monoisotopic (exact) mass is 210 g/mol. The molecule has 0 unspecified atom stereocenters. The Kier molecular flexibility index (Phi) is 3.82. The van der Waals surface area contributed by atoms with Crippen LogP contribution in [0.15, 0.2) is 24.3 Å². The zero-order chi connectivity index (χ0) is 11.4. The third-order valence-electron chi connectivity index (χ3n) is 2.17. The van der Waals surface area contributed by atoms with E-state index in [9.17, 15) is 15.0 Å². The van der Waals surface area contributed by atoms with E-state index in [0.717, 1.165) is 0 Å². The average molecular weight is 210 g/mol. The number of benzene rings is 1. The smallest absolute Gasteiger partial charge is 0.161 e. The molecule has 0 bridgehead atoms. The van der Waals surface area contributed by atoms with Gasteiger partial charge in [0.1, 0.15) is 18.0 Å². The summed E-state index contributed by atoms with van der Waals surface area (Å²) in [4.78, 5) is 10.8. The van der Waals surface area contributed by atoms with Crippen molar-refractivity contribution >= 4 is 5.78 Å². The van der Waals surface area contributed by atoms with E-state index in [1.807, 2.05) is 0 Å². The number of carbonyl (C=O) groups excluding carboxylic acids is 1. The van der Waals surface area contributed by atoms with Crippen molar-refractivity contribution in [2.45, 2.75) is 19.1 Å². The van der Waals surface area contributed by atoms with Gasteiger partial charge in [0.15, 0.2) is 5.78 Å². The van der Waals surface area contributed by atoms with Crippen LogP contribution in [0.5, 0.6) is 5.75 Å². The molecule has 0 radical (unpaired) electrons. The molecule has 1 rings (SSSR count). The number of aliphatic hydroxyl groups is 2. The van der Waals surface area contributed by atoms with Crippen molar-refractivity contribution in [2.24, 2.45) is 0 Å². The molecular weight excluding hydrogens is 196 g/mol. The third-order valence-corrected chi connectivity index (χ3v) is 2.17. The van der Waals surface area contributed by atoms with Gasteiger partial charge in [-0.15, -0.1) is 0 Å². The highest BCUT2D eigenvalue weighted by Gasteiger charge is 2.22. The second-order valence-corrected chi connectivity index (χ2v) is 3.27. The fraction of sp³-hybridized carbons (Fsp3) is 0.364. The fourth-order valence-electron chi connectivity index (χ4n) is 1.21. The molecule has 0 spiro atoms. The molecule has 2 atom stereocenters. The van der Waals surface area contributed by atoms with E-state index >= 15 is 0 Å². The minimum Gasteiger partial charge on any atom is -0.497 e. The van der Waals surface area contributed by atoms with Crippen LogP contribution in [0.1, 0.15) is 18.6 Å². The molecule has 0 aliphatic carbocycles. The molecule has 2 N–H and O–H groups in total. The van der Waals surface area contributed by atoms with E-state index in [1.54, 1.807) is 24.3 Å². The van der Waals surface area contributed by atoms with Crippen molar-refractivity contribution in [3.8, 4) is 5.75 Å². The Balaban J connectivity index is 2.82. The van der Waals surface area contributed by atoms with Crippen LogP contribution in [0.3, 0.4) is 0 Å². The van der Waals surface area contributed by atoms with Gasteiger partial charge in [-0.05, 0) is 24.6 Å². The van der Waals surface area contributed by atoms with Gasteiger partial charge in [0.25, 0.3) is 0 Å². The molecule has 15 heavy (non-hydrogen) atoms. The topological polar surface area (TPSA) is 66.8 Å². The molecule has 0 amide bonds. The highest BCUT2D eigenvalue weighted by molar-refractivity contribution is 5.81. The van der Waals surface area contributed by atoms with E-state index in [-0.39, 0.29) is 0 Å². The molecule has 82 valence electrons. The van der Waals surface area contributed by atoms with Crippen LogP contribution in [-0.4, -0.2) is 29.2 Å². The summed E-state index contributed by atoms with van der Waals surface area (Å²) in [5, 5.41) is 19.0. The summed E-state index contributed by atoms with van der Waals surface area (Å²) >= 11 is 0. The van der Waals surface area contributed by atoms with Crippen LogP contribution < -0.4 is 4.74 Å². The van der Waals surface area contributed by atoms with Crippen molar-refractivity contribution in [3.05, 3.63) is 29.8 Å². The lowest BCUT2D eigenvalue weighted by Gasteiger charge is -2.15. The van der Waals surface area contributed by atoms with Gasteiger partial charge in [-0.3, -0.25) is 4.79 Å². The Morgan fingerprint density at radius 1 is 1.27 bits per heavy atom. The molecule has 0 saturated carbocycles. The van der Waals surface area contributed by atoms with Gasteiger partial charge in [0.05, 0.1) is 7.11 Å². The maximum atomic E-state index is 10.8. The Hall–Kier alpha value is -1.39. The van der Waals surface area contributed by atoms with E-state index in [0.29, 0.717) is 11.3 Å². The molecule has 1 aromatic rings. The highest BCUT2D eigenvalue weighted by Crippen LogP contribution is 2.20. The zero-order valence-corrected chi connectivity index (χ0v) is 8.68. The molecule has 0 aliphatic rings. The minimum absolute atomic E-state index is 0.460. The Morgan fingerprint density at radius 2 is 1.80 bits per heavy atom. The molecule has 0 aromatic heterocycles. The molecular formula is C11H14O4. The number of ketones is 1. The minimum atomic E-state index is -1.38. The van der Waals surface area contributed by atoms with Gasteiger partial charge in [-0.25, -0.2) is 0 Å². The maximum Gasteiger partial charge on any atom is 0.161 e. The van der Waals surface area contributed by atoms with Gasteiger partial charge < -0.3 is 14.9 Å². The predicted molar refractivity (Wildman–Crippen MR) is 54.6 cm³/mol. The normalized spacial score (nSPS) is 14.4. The zero-order valence-electron chi connectivity index (χ0n) is 8.68. The number of rotatable bonds is 4. The number of Topliss-reactive ketones (excluding diaryl/α,β-unsaturated/α-hetero) is 1. The van der Waals surface area contributed by atoms with Crippen LogP contribution >= 0.6 is 0 Å². The van der Waals surface area contributed by atoms with Gasteiger partial charge in [-0.2, -0.15) is 0 Å². The lowest BCUT2D eigenvalue weighted by atomic mass is 10.0. The number of ether oxygens (including phenoxy) is 1. The second kappa shape index (κ2) is 4.91. The summed E-state index contributed by atoms with van der Waals surface area (Å²) in [5.41, 5.74) is 0.485. The van der Waals surface area contributed by atoms with Crippen LogP contribution in [0.25, 0.3) is 0 Å². The van der Waals surface area contributed by atoms with Crippen LogP contribution in [0.4, 0.5) is 0 Å². The SMILES string of the molecule is COc1ccc([C@H](O)[C@@H](O)C(C)=O)cc1. The standard InChI is InChI=1S/C11H14O4/c1-7(12)10(13)11(14)8-3-5-9(15-2)6-4-8/h3-6,10-11,13-14H,1-2H3/t10-,11-/m0/s1. The quantitative estimate of drug-likeness (QED) is 0.766. The van der Waals surface area contributed by atoms with Crippen LogP contribution in [0, 0.1) is 0 Å². The first kappa shape index (κ1) is 11.7. The van der Waals surface area contributed by atoms with E-state index in [2.05, 4.69) is 0 Å². The fourth-order valence-corrected chi connectivity index (χ4v) is 1.21. The molecule has 4 nitrogen and oxygen atoms in total. The first-order chi connectivity index (χ1) is 7.06. The van der Waals surface area contributed by atoms with Crippen LogP contribution in [0.2, 0.25) is 0 Å². The molecule has 0 saturated heterocycles. The summed E-state index contributed by atoms with van der Waals surface area (Å²) in [6, 6.07) is 6.53. The lowest BCUT2D eigenvalue weighted by Crippen LogP contribution is -2.25. The first-order valence-corrected chi connectivity index (χ1v) is 4.56. The summed E-state index contributed by atoms with van der Waals surface area (Å²) in [7, 11) is 1.54. The van der Waals surface area contributed by atoms with Crippen molar-refractivity contribution in [1.82, 2.24) is 0 Å². The number of carbonyl (C=O) groups is 1. The van der Waals surface area contributed by atoms with Crippen molar-refractivity contribution < 1.29 is 19.7 Å². The van der Waals surface area contributed by atoms with Gasteiger partial charge in [0.2, 0.25) is 0 Å². The summed E-state index contributed by atoms with van der Waals surface area (Å²) < 4.78 is 4.95. The summed E-state index contributed by atoms with van der Waals surface area (Å²) in [6.07, 6.45) is -2.56. The van der Waals surface area contributed by atoms with Crippen molar-refractivity contribution in [2.75, 3.05) is 7.11 Å². The van der Waals surface area contributed by atoms with Gasteiger partial charge in [0, 0.05) is 0 Å². The summed E-state index contributed by atoms with van der Waals surface area (Å²) in [6.45, 7) is 1.23. The number of aliphatic hydroxyl groups excluding tert-OH is 2. The molecule has 1 aromatic carbocycles. The van der Waals surface area contributed by atoms with Crippen LogP contribution in [-0.2, 0) is 4.79 Å². The lowest BCUT2D eigenvalue weighted by molar-refractivity contribution is -0.130. The van der Waals surface area contributed by atoms with Crippen molar-refractivity contribution in [1.29, 1.82) is 0 Å². The summed E-state index contributed by atoms with van der Waals surface area (Å²) in [5.74, 6) is 0.196. The first-order valence-electron chi connectivity index (χ1n) is 4.56. The van der Waals surface area contributed by atoms with Gasteiger partial charge >= 0.3 is 0 Å². The van der Waals surface area contributed by atoms with E-state index < -0.39 is 18.0 Å². The van der Waals surface area contributed by atoms with Crippen molar-refractivity contribution in [3.63, 3.8) is 0 Å². The van der Waals surface area contributed by atoms with E-state index in [4.69, 9.17) is 4.74 Å². The van der Waals surface area contributed by atoms with E-state index in [1.165, 1.54) is 14.0 Å². The number of methoxy groups -OCH3 is 1. The Bertz CT molecular complexity index is 331. The predicted octanol–water partition coefficient (Wildman–Crippen LogP) is 0.678. The third kappa shape index (κ3) is 2.78. The molecule has 0 heterocycles. The molecule has 4 heteroatoms. The average Bonchev–Trinajstić information content (AvgIpc) is 2.27. The highest BCUT2D eigenvalue weighted by atomic mass is 16.5. The number of hydrogen-bond donors (Lipinski definition) is 2. The maximum absolute atomic E-state index is 10.8. The Labute approximate surface area is 88.1 Å². The number of hydrogen-bond acceptors (Lipinski definition) is 4. The van der Waals surface area contributed by atoms with Gasteiger partial charge in [-0.1, -0.05) is 12.1 Å². The molecule has 0 fully saturated rings. The second-order valence-electron chi connectivity index (χ2n) is 3.27.